The van der Waals surface area contributed by atoms with E-state index in [1.165, 1.54) is 6.07 Å². The first-order valence-electron chi connectivity index (χ1n) is 6.42. The van der Waals surface area contributed by atoms with E-state index in [0.29, 0.717) is 21.3 Å². The Morgan fingerprint density at radius 2 is 2.35 bits per heavy atom. The van der Waals surface area contributed by atoms with Crippen LogP contribution >= 0.6 is 28.1 Å². The van der Waals surface area contributed by atoms with Crippen molar-refractivity contribution in [2.24, 2.45) is 0 Å². The van der Waals surface area contributed by atoms with E-state index in [9.17, 15) is 4.39 Å². The van der Waals surface area contributed by atoms with Crippen molar-refractivity contribution in [3.05, 3.63) is 27.2 Å². The van der Waals surface area contributed by atoms with E-state index < -0.39 is 0 Å². The van der Waals surface area contributed by atoms with Crippen molar-refractivity contribution >= 4 is 39.2 Å². The number of hydrogen-bond donors (Lipinski definition) is 1. The van der Waals surface area contributed by atoms with E-state index >= 15 is 0 Å². The van der Waals surface area contributed by atoms with Crippen LogP contribution in [-0.2, 0) is 11.3 Å². The third-order valence-corrected chi connectivity index (χ3v) is 4.47. The van der Waals surface area contributed by atoms with Gasteiger partial charge in [-0.1, -0.05) is 0 Å². The molecular weight excluding hydrogens is 345 g/mol. The summed E-state index contributed by atoms with van der Waals surface area (Å²) in [5.74, 6) is -0.297. The summed E-state index contributed by atoms with van der Waals surface area (Å²) >= 11 is 8.56. The maximum absolute atomic E-state index is 13.6. The van der Waals surface area contributed by atoms with Crippen molar-refractivity contribution in [1.29, 1.82) is 0 Å². The zero-order valence-corrected chi connectivity index (χ0v) is 13.4. The van der Waals surface area contributed by atoms with Crippen molar-refractivity contribution in [3.8, 4) is 0 Å². The van der Waals surface area contributed by atoms with Gasteiger partial charge >= 0.3 is 0 Å². The lowest BCUT2D eigenvalue weighted by molar-refractivity contribution is -0.0271. The average molecular weight is 360 g/mol. The molecule has 2 aromatic rings. The van der Waals surface area contributed by atoms with E-state index in [4.69, 9.17) is 17.0 Å². The van der Waals surface area contributed by atoms with Crippen LogP contribution in [0.3, 0.4) is 0 Å². The second-order valence-corrected chi connectivity index (χ2v) is 6.32. The van der Waals surface area contributed by atoms with Gasteiger partial charge in [-0.2, -0.15) is 0 Å². The molecule has 108 valence electrons. The molecule has 0 bridgehead atoms. The molecule has 7 heteroatoms. The SMILES string of the molecule is CN1CCOC(Cn2c(=S)[nH]c3cc(F)c(Br)cc32)C1. The molecule has 0 saturated carbocycles. The summed E-state index contributed by atoms with van der Waals surface area (Å²) in [6.45, 7) is 3.22. The first-order chi connectivity index (χ1) is 9.54. The zero-order valence-electron chi connectivity index (χ0n) is 11.0. The summed E-state index contributed by atoms with van der Waals surface area (Å²) in [4.78, 5) is 5.28. The lowest BCUT2D eigenvalue weighted by atomic mass is 10.2. The van der Waals surface area contributed by atoms with Crippen LogP contribution in [0.5, 0.6) is 0 Å². The molecule has 0 radical (unpaired) electrons. The number of nitrogens with zero attached hydrogens (tertiary/aromatic N) is 2. The highest BCUT2D eigenvalue weighted by Gasteiger charge is 2.19. The topological polar surface area (TPSA) is 33.2 Å². The Balaban J connectivity index is 1.96. The third kappa shape index (κ3) is 2.67. The van der Waals surface area contributed by atoms with Crippen LogP contribution in [0.4, 0.5) is 4.39 Å². The minimum Gasteiger partial charge on any atom is -0.374 e. The molecule has 4 nitrogen and oxygen atoms in total. The van der Waals surface area contributed by atoms with Crippen LogP contribution in [0, 0.1) is 10.6 Å². The van der Waals surface area contributed by atoms with E-state index in [-0.39, 0.29) is 11.9 Å². The van der Waals surface area contributed by atoms with Gasteiger partial charge in [0.05, 0.1) is 34.8 Å². The Labute approximate surface area is 129 Å². The quantitative estimate of drug-likeness (QED) is 0.836. The standard InChI is InChI=1S/C13H15BrFN3OS/c1-17-2-3-19-8(6-17)7-18-12-4-9(14)10(15)5-11(12)16-13(18)20/h4-5,8H,2-3,6-7H2,1H3,(H,16,20). The van der Waals surface area contributed by atoms with Gasteiger partial charge in [0.25, 0.3) is 0 Å². The zero-order chi connectivity index (χ0) is 14.3. The molecule has 1 aromatic heterocycles. The Kier molecular flexibility index (Phi) is 3.94. The fourth-order valence-electron chi connectivity index (χ4n) is 2.51. The molecule has 1 N–H and O–H groups in total. The number of imidazole rings is 1. The normalized spacial score (nSPS) is 20.6. The number of benzene rings is 1. The second kappa shape index (κ2) is 5.55. The van der Waals surface area contributed by atoms with Gasteiger partial charge in [-0.3, -0.25) is 0 Å². The summed E-state index contributed by atoms with van der Waals surface area (Å²) < 4.78 is 22.3. The molecule has 0 aliphatic carbocycles. The van der Waals surface area contributed by atoms with Gasteiger partial charge in [0.1, 0.15) is 5.82 Å². The monoisotopic (exact) mass is 359 g/mol. The number of rotatable bonds is 2. The van der Waals surface area contributed by atoms with Crippen molar-refractivity contribution in [3.63, 3.8) is 0 Å². The lowest BCUT2D eigenvalue weighted by Crippen LogP contribution is -2.41. The van der Waals surface area contributed by atoms with Gasteiger partial charge in [-0.05, 0) is 41.3 Å². The van der Waals surface area contributed by atoms with Gasteiger partial charge in [0.15, 0.2) is 4.77 Å². The minimum atomic E-state index is -0.297. The minimum absolute atomic E-state index is 0.100. The molecule has 1 aliphatic heterocycles. The van der Waals surface area contributed by atoms with E-state index in [1.54, 1.807) is 6.07 Å². The van der Waals surface area contributed by atoms with Crippen molar-refractivity contribution < 1.29 is 9.13 Å². The number of aromatic nitrogens is 2. The van der Waals surface area contributed by atoms with Gasteiger partial charge in [0.2, 0.25) is 0 Å². The molecule has 1 saturated heterocycles. The Morgan fingerprint density at radius 1 is 1.55 bits per heavy atom. The number of ether oxygens (including phenoxy) is 1. The molecule has 2 heterocycles. The molecule has 0 spiro atoms. The predicted octanol–water partition coefficient (Wildman–Crippen LogP) is 2.93. The Bertz CT molecular complexity index is 699. The van der Waals surface area contributed by atoms with E-state index in [1.807, 2.05) is 4.57 Å². The van der Waals surface area contributed by atoms with Crippen molar-refractivity contribution in [2.45, 2.75) is 12.6 Å². The van der Waals surface area contributed by atoms with Gasteiger partial charge in [0, 0.05) is 19.2 Å². The fourth-order valence-corrected chi connectivity index (χ4v) is 3.13. The van der Waals surface area contributed by atoms with Crippen LogP contribution in [0.25, 0.3) is 11.0 Å². The molecular formula is C13H15BrFN3OS. The summed E-state index contributed by atoms with van der Waals surface area (Å²) in [6.07, 6.45) is 0.100. The number of nitrogens with one attached hydrogen (secondary N) is 1. The van der Waals surface area contributed by atoms with Crippen LogP contribution < -0.4 is 0 Å². The Morgan fingerprint density at radius 3 is 3.10 bits per heavy atom. The number of aromatic amines is 1. The Hall–Kier alpha value is -0.760. The molecule has 20 heavy (non-hydrogen) atoms. The molecule has 1 aliphatic rings. The van der Waals surface area contributed by atoms with Gasteiger partial charge in [-0.15, -0.1) is 0 Å². The number of halogens is 2. The van der Waals surface area contributed by atoms with Gasteiger partial charge in [-0.25, -0.2) is 4.39 Å². The predicted molar refractivity (Wildman–Crippen MR) is 82.0 cm³/mol. The largest absolute Gasteiger partial charge is 0.374 e. The second-order valence-electron chi connectivity index (χ2n) is 5.08. The summed E-state index contributed by atoms with van der Waals surface area (Å²) in [7, 11) is 2.08. The highest BCUT2D eigenvalue weighted by molar-refractivity contribution is 9.10. The third-order valence-electron chi connectivity index (χ3n) is 3.54. The number of H-pyrrole nitrogens is 1. The lowest BCUT2D eigenvalue weighted by Gasteiger charge is -2.30. The number of likely N-dealkylation sites (N-methyl/N-ethyl adjacent to an activating group) is 1. The maximum atomic E-state index is 13.6. The maximum Gasteiger partial charge on any atom is 0.178 e. The molecule has 1 aromatic carbocycles. The van der Waals surface area contributed by atoms with E-state index in [2.05, 4.69) is 32.9 Å². The summed E-state index contributed by atoms with van der Waals surface area (Å²) in [5, 5.41) is 0. The van der Waals surface area contributed by atoms with Crippen LogP contribution in [0.2, 0.25) is 0 Å². The number of hydrogen-bond acceptors (Lipinski definition) is 3. The molecule has 0 amide bonds. The smallest absolute Gasteiger partial charge is 0.178 e. The van der Waals surface area contributed by atoms with Gasteiger partial charge < -0.3 is 19.2 Å². The van der Waals surface area contributed by atoms with Crippen LogP contribution in [0.1, 0.15) is 0 Å². The summed E-state index contributed by atoms with van der Waals surface area (Å²) in [5.41, 5.74) is 1.60. The first-order valence-corrected chi connectivity index (χ1v) is 7.62. The van der Waals surface area contributed by atoms with Crippen LogP contribution in [-0.4, -0.2) is 47.3 Å². The highest BCUT2D eigenvalue weighted by Crippen LogP contribution is 2.24. The molecule has 1 atom stereocenters. The van der Waals surface area contributed by atoms with E-state index in [0.717, 1.165) is 25.2 Å². The fraction of sp³-hybridized carbons (Fsp3) is 0.462. The summed E-state index contributed by atoms with van der Waals surface area (Å²) in [6, 6.07) is 3.21. The first kappa shape index (κ1) is 14.2. The van der Waals surface area contributed by atoms with Crippen molar-refractivity contribution in [2.75, 3.05) is 26.7 Å². The average Bonchev–Trinajstić information content (AvgIpc) is 2.67. The number of morpholine rings is 1. The molecule has 1 fully saturated rings. The number of fused-ring (bicyclic) bond motifs is 1. The highest BCUT2D eigenvalue weighted by atomic mass is 79.9. The molecule has 3 rings (SSSR count). The molecule has 1 unspecified atom stereocenters. The van der Waals surface area contributed by atoms with Crippen LogP contribution in [0.15, 0.2) is 16.6 Å². The van der Waals surface area contributed by atoms with Crippen molar-refractivity contribution in [1.82, 2.24) is 14.5 Å².